The topological polar surface area (TPSA) is 76.1 Å². The van der Waals surface area contributed by atoms with Crippen molar-refractivity contribution in [3.8, 4) is 0 Å². The SMILES string of the molecule is CC(C)(C)OC(=O)N1CC(OCc2cccs2)C[C@H]1C(=O)O. The molecular weight excluding hydrogens is 306 g/mol. The highest BCUT2D eigenvalue weighted by molar-refractivity contribution is 7.09. The maximum atomic E-state index is 12.1. The molecule has 2 atom stereocenters. The van der Waals surface area contributed by atoms with E-state index < -0.39 is 23.7 Å². The van der Waals surface area contributed by atoms with Crippen LogP contribution in [0.3, 0.4) is 0 Å². The molecule has 22 heavy (non-hydrogen) atoms. The van der Waals surface area contributed by atoms with Crippen LogP contribution in [0.1, 0.15) is 32.1 Å². The van der Waals surface area contributed by atoms with Crippen LogP contribution < -0.4 is 0 Å². The van der Waals surface area contributed by atoms with E-state index in [1.54, 1.807) is 32.1 Å². The molecule has 1 aliphatic rings. The number of amides is 1. The van der Waals surface area contributed by atoms with Gasteiger partial charge in [0.05, 0.1) is 19.3 Å². The Balaban J connectivity index is 1.96. The van der Waals surface area contributed by atoms with Gasteiger partial charge in [-0.3, -0.25) is 4.90 Å². The lowest BCUT2D eigenvalue weighted by atomic mass is 10.2. The van der Waals surface area contributed by atoms with E-state index in [2.05, 4.69) is 0 Å². The predicted molar refractivity (Wildman–Crippen MR) is 81.9 cm³/mol. The van der Waals surface area contributed by atoms with Gasteiger partial charge in [0.25, 0.3) is 0 Å². The van der Waals surface area contributed by atoms with Crippen LogP contribution in [-0.2, 0) is 20.9 Å². The second-order valence-corrected chi connectivity index (χ2v) is 7.27. The molecule has 1 N–H and O–H groups in total. The Kier molecular flexibility index (Phi) is 5.08. The Morgan fingerprint density at radius 1 is 1.45 bits per heavy atom. The van der Waals surface area contributed by atoms with E-state index in [1.165, 1.54) is 4.90 Å². The van der Waals surface area contributed by atoms with Gasteiger partial charge in [-0.1, -0.05) is 6.07 Å². The number of aliphatic carboxylic acids is 1. The number of ether oxygens (including phenoxy) is 2. The van der Waals surface area contributed by atoms with Crippen molar-refractivity contribution in [3.63, 3.8) is 0 Å². The van der Waals surface area contributed by atoms with Gasteiger partial charge < -0.3 is 14.6 Å². The van der Waals surface area contributed by atoms with E-state index >= 15 is 0 Å². The van der Waals surface area contributed by atoms with Gasteiger partial charge in [-0.15, -0.1) is 11.3 Å². The van der Waals surface area contributed by atoms with Crippen LogP contribution >= 0.6 is 11.3 Å². The van der Waals surface area contributed by atoms with Crippen molar-refractivity contribution in [2.24, 2.45) is 0 Å². The number of hydrogen-bond donors (Lipinski definition) is 1. The summed E-state index contributed by atoms with van der Waals surface area (Å²) in [6.45, 7) is 5.92. The summed E-state index contributed by atoms with van der Waals surface area (Å²) in [7, 11) is 0. The minimum Gasteiger partial charge on any atom is -0.480 e. The molecule has 1 aliphatic heterocycles. The lowest BCUT2D eigenvalue weighted by Gasteiger charge is -2.26. The van der Waals surface area contributed by atoms with Crippen molar-refractivity contribution in [1.29, 1.82) is 0 Å². The molecule has 1 aromatic rings. The number of rotatable bonds is 4. The smallest absolute Gasteiger partial charge is 0.411 e. The quantitative estimate of drug-likeness (QED) is 0.920. The fraction of sp³-hybridized carbons (Fsp3) is 0.600. The van der Waals surface area contributed by atoms with Gasteiger partial charge in [0.2, 0.25) is 0 Å². The minimum atomic E-state index is -1.03. The summed E-state index contributed by atoms with van der Waals surface area (Å²) in [6, 6.07) is 2.99. The number of carbonyl (C=O) groups excluding carboxylic acids is 1. The predicted octanol–water partition coefficient (Wildman–Crippen LogP) is 2.73. The van der Waals surface area contributed by atoms with E-state index in [0.717, 1.165) is 4.88 Å². The van der Waals surface area contributed by atoms with Crippen molar-refractivity contribution in [1.82, 2.24) is 4.90 Å². The zero-order valence-electron chi connectivity index (χ0n) is 12.9. The van der Waals surface area contributed by atoms with E-state index in [9.17, 15) is 14.7 Å². The van der Waals surface area contributed by atoms with Crippen LogP contribution in [0, 0.1) is 0 Å². The number of nitrogens with zero attached hydrogens (tertiary/aromatic N) is 1. The van der Waals surface area contributed by atoms with Gasteiger partial charge in [0.15, 0.2) is 0 Å². The van der Waals surface area contributed by atoms with Gasteiger partial charge in [-0.05, 0) is 32.2 Å². The third-order valence-electron chi connectivity index (χ3n) is 3.22. The molecule has 0 radical (unpaired) electrons. The lowest BCUT2D eigenvalue weighted by molar-refractivity contribution is -0.142. The molecule has 2 rings (SSSR count). The molecule has 0 aliphatic carbocycles. The summed E-state index contributed by atoms with van der Waals surface area (Å²) in [5, 5.41) is 11.3. The zero-order chi connectivity index (χ0) is 16.3. The van der Waals surface area contributed by atoms with E-state index in [4.69, 9.17) is 9.47 Å². The molecule has 122 valence electrons. The first-order chi connectivity index (χ1) is 10.3. The molecule has 1 unspecified atom stereocenters. The molecule has 1 aromatic heterocycles. The molecule has 6 nitrogen and oxygen atoms in total. The Bertz CT molecular complexity index is 523. The molecule has 1 amide bonds. The van der Waals surface area contributed by atoms with Gasteiger partial charge in [-0.25, -0.2) is 9.59 Å². The largest absolute Gasteiger partial charge is 0.480 e. The molecular formula is C15H21NO5S. The summed E-state index contributed by atoms with van der Waals surface area (Å²) in [5.41, 5.74) is -0.657. The Labute approximate surface area is 133 Å². The van der Waals surface area contributed by atoms with Crippen molar-refractivity contribution in [3.05, 3.63) is 22.4 Å². The summed E-state index contributed by atoms with van der Waals surface area (Å²) in [5.74, 6) is -1.03. The van der Waals surface area contributed by atoms with E-state index in [1.807, 2.05) is 17.5 Å². The van der Waals surface area contributed by atoms with E-state index in [-0.39, 0.29) is 19.1 Å². The average Bonchev–Trinajstić information content (AvgIpc) is 3.03. The first kappa shape index (κ1) is 16.8. The lowest BCUT2D eigenvalue weighted by Crippen LogP contribution is -2.43. The summed E-state index contributed by atoms with van der Waals surface area (Å²) >= 11 is 1.58. The molecule has 0 bridgehead atoms. The minimum absolute atomic E-state index is 0.233. The van der Waals surface area contributed by atoms with Crippen LogP contribution in [0.4, 0.5) is 4.79 Å². The number of carboxylic acid groups (broad SMARTS) is 1. The highest BCUT2D eigenvalue weighted by Crippen LogP contribution is 2.24. The molecule has 0 saturated carbocycles. The second-order valence-electron chi connectivity index (χ2n) is 6.23. The maximum absolute atomic E-state index is 12.1. The third kappa shape index (κ3) is 4.45. The molecule has 1 saturated heterocycles. The Morgan fingerprint density at radius 3 is 2.73 bits per heavy atom. The van der Waals surface area contributed by atoms with Crippen LogP contribution in [0.5, 0.6) is 0 Å². The van der Waals surface area contributed by atoms with Crippen molar-refractivity contribution in [2.45, 2.75) is 51.5 Å². The normalized spacial score (nSPS) is 21.9. The molecule has 2 heterocycles. The summed E-state index contributed by atoms with van der Waals surface area (Å²) in [6.07, 6.45) is -0.627. The van der Waals surface area contributed by atoms with Gasteiger partial charge >= 0.3 is 12.1 Å². The van der Waals surface area contributed by atoms with Crippen molar-refractivity contribution < 1.29 is 24.2 Å². The molecule has 0 aromatic carbocycles. The highest BCUT2D eigenvalue weighted by Gasteiger charge is 2.42. The number of hydrogen-bond acceptors (Lipinski definition) is 5. The van der Waals surface area contributed by atoms with Gasteiger partial charge in [0, 0.05) is 11.3 Å². The van der Waals surface area contributed by atoms with Gasteiger partial charge in [0.1, 0.15) is 11.6 Å². The standard InChI is InChI=1S/C15H21NO5S/c1-15(2,3)21-14(19)16-8-10(7-12(16)13(17)18)20-9-11-5-4-6-22-11/h4-6,10,12H,7-9H2,1-3H3,(H,17,18)/t10?,12-/m0/s1. The maximum Gasteiger partial charge on any atom is 0.411 e. The van der Waals surface area contributed by atoms with Crippen LogP contribution in [0.25, 0.3) is 0 Å². The Morgan fingerprint density at radius 2 is 2.18 bits per heavy atom. The van der Waals surface area contributed by atoms with Crippen molar-refractivity contribution in [2.75, 3.05) is 6.54 Å². The number of likely N-dealkylation sites (tertiary alicyclic amines) is 1. The first-order valence-electron chi connectivity index (χ1n) is 7.12. The first-order valence-corrected chi connectivity index (χ1v) is 8.00. The fourth-order valence-electron chi connectivity index (χ4n) is 2.27. The number of thiophene rings is 1. The molecule has 0 spiro atoms. The van der Waals surface area contributed by atoms with Gasteiger partial charge in [-0.2, -0.15) is 0 Å². The number of carboxylic acids is 1. The molecule has 1 fully saturated rings. The number of carbonyl (C=O) groups is 2. The third-order valence-corrected chi connectivity index (χ3v) is 4.07. The van der Waals surface area contributed by atoms with Crippen LogP contribution in [-0.4, -0.2) is 46.4 Å². The molecule has 7 heteroatoms. The average molecular weight is 327 g/mol. The zero-order valence-corrected chi connectivity index (χ0v) is 13.8. The summed E-state index contributed by atoms with van der Waals surface area (Å²) < 4.78 is 11.0. The van der Waals surface area contributed by atoms with Crippen molar-refractivity contribution >= 4 is 23.4 Å². The van der Waals surface area contributed by atoms with Crippen LogP contribution in [0.15, 0.2) is 17.5 Å². The second kappa shape index (κ2) is 6.66. The van der Waals surface area contributed by atoms with Crippen LogP contribution in [0.2, 0.25) is 0 Å². The summed E-state index contributed by atoms with van der Waals surface area (Å²) in [4.78, 5) is 25.8. The fourth-order valence-corrected chi connectivity index (χ4v) is 2.89. The monoisotopic (exact) mass is 327 g/mol. The highest BCUT2D eigenvalue weighted by atomic mass is 32.1. The van der Waals surface area contributed by atoms with E-state index in [0.29, 0.717) is 6.61 Å². The Hall–Kier alpha value is -1.60.